The number of thiocarbonyl (C=S) groups is 1. The molecule has 112 valence electrons. The van der Waals surface area contributed by atoms with Crippen LogP contribution in [-0.4, -0.2) is 30.7 Å². The first-order chi connectivity index (χ1) is 9.05. The quantitative estimate of drug-likeness (QED) is 0.453. The van der Waals surface area contributed by atoms with Gasteiger partial charge in [0.1, 0.15) is 0 Å². The number of rotatable bonds is 11. The Morgan fingerprint density at radius 3 is 2.26 bits per heavy atom. The summed E-state index contributed by atoms with van der Waals surface area (Å²) in [7, 11) is 0. The molecule has 0 atom stereocenters. The molecular formula is C14H28N2O2S. The van der Waals surface area contributed by atoms with Crippen molar-refractivity contribution in [3.63, 3.8) is 0 Å². The van der Waals surface area contributed by atoms with Crippen LogP contribution in [0.2, 0.25) is 0 Å². The third-order valence-corrected chi connectivity index (χ3v) is 3.90. The largest absolute Gasteiger partial charge is 0.392 e. The molecule has 5 heteroatoms. The smallest absolute Gasteiger partial charge is 0.233 e. The van der Waals surface area contributed by atoms with E-state index >= 15 is 0 Å². The van der Waals surface area contributed by atoms with Crippen LogP contribution in [0.4, 0.5) is 0 Å². The molecule has 0 fully saturated rings. The Labute approximate surface area is 122 Å². The Morgan fingerprint density at radius 1 is 1.21 bits per heavy atom. The lowest BCUT2D eigenvalue weighted by molar-refractivity contribution is -0.127. The number of nitrogens with two attached hydrogens (primary N) is 1. The fourth-order valence-corrected chi connectivity index (χ4v) is 2.31. The van der Waals surface area contributed by atoms with E-state index in [0.717, 1.165) is 25.9 Å². The van der Waals surface area contributed by atoms with E-state index in [2.05, 4.69) is 12.2 Å². The van der Waals surface area contributed by atoms with Gasteiger partial charge >= 0.3 is 0 Å². The number of carbonyl (C=O) groups is 1. The zero-order chi connectivity index (χ0) is 14.7. The van der Waals surface area contributed by atoms with Gasteiger partial charge in [-0.15, -0.1) is 0 Å². The highest BCUT2D eigenvalue weighted by atomic mass is 32.1. The predicted molar refractivity (Wildman–Crippen MR) is 83.2 cm³/mol. The van der Waals surface area contributed by atoms with Crippen LogP contribution in [0.3, 0.4) is 0 Å². The number of carbonyl (C=O) groups excluding carboxylic acids is 1. The summed E-state index contributed by atoms with van der Waals surface area (Å²) < 4.78 is 5.44. The van der Waals surface area contributed by atoms with Crippen molar-refractivity contribution in [1.29, 1.82) is 0 Å². The van der Waals surface area contributed by atoms with Crippen LogP contribution in [0, 0.1) is 5.41 Å². The molecule has 0 saturated carbocycles. The monoisotopic (exact) mass is 288 g/mol. The third kappa shape index (κ3) is 5.87. The minimum atomic E-state index is -0.696. The van der Waals surface area contributed by atoms with Crippen molar-refractivity contribution in [2.45, 2.75) is 52.9 Å². The second kappa shape index (κ2) is 10.1. The molecule has 0 aromatic rings. The lowest BCUT2D eigenvalue weighted by Gasteiger charge is -2.28. The van der Waals surface area contributed by atoms with Crippen molar-refractivity contribution in [3.05, 3.63) is 0 Å². The lowest BCUT2D eigenvalue weighted by Crippen LogP contribution is -2.48. The van der Waals surface area contributed by atoms with Gasteiger partial charge in [-0.1, -0.05) is 39.4 Å². The first-order valence-electron chi connectivity index (χ1n) is 7.21. The zero-order valence-electron chi connectivity index (χ0n) is 12.5. The summed E-state index contributed by atoms with van der Waals surface area (Å²) in [6.07, 6.45) is 4.31. The van der Waals surface area contributed by atoms with Crippen LogP contribution >= 0.6 is 12.2 Å². The SMILES string of the molecule is CCCCOCCCNC(=O)C(CC)(CC)C(N)=S. The average molecular weight is 288 g/mol. The van der Waals surface area contributed by atoms with E-state index < -0.39 is 5.41 Å². The van der Waals surface area contributed by atoms with Gasteiger partial charge in [-0.05, 0) is 25.7 Å². The molecule has 4 nitrogen and oxygen atoms in total. The van der Waals surface area contributed by atoms with Crippen LogP contribution in [0.25, 0.3) is 0 Å². The molecule has 0 spiro atoms. The molecular weight excluding hydrogens is 260 g/mol. The van der Waals surface area contributed by atoms with Crippen molar-refractivity contribution in [1.82, 2.24) is 5.32 Å². The van der Waals surface area contributed by atoms with Crippen molar-refractivity contribution < 1.29 is 9.53 Å². The van der Waals surface area contributed by atoms with Crippen molar-refractivity contribution >= 4 is 23.1 Å². The normalized spacial score (nSPS) is 11.3. The van der Waals surface area contributed by atoms with Gasteiger partial charge in [0.05, 0.1) is 10.4 Å². The van der Waals surface area contributed by atoms with Gasteiger partial charge in [0.15, 0.2) is 0 Å². The summed E-state index contributed by atoms with van der Waals surface area (Å²) in [5.41, 5.74) is 5.03. The minimum absolute atomic E-state index is 0.0569. The van der Waals surface area contributed by atoms with Crippen molar-refractivity contribution in [2.24, 2.45) is 11.1 Å². The molecule has 0 aromatic carbocycles. The van der Waals surface area contributed by atoms with E-state index in [1.54, 1.807) is 0 Å². The topological polar surface area (TPSA) is 64.3 Å². The van der Waals surface area contributed by atoms with E-state index in [9.17, 15) is 4.79 Å². The molecule has 0 radical (unpaired) electrons. The number of unbranched alkanes of at least 4 members (excludes halogenated alkanes) is 1. The van der Waals surface area contributed by atoms with E-state index in [0.29, 0.717) is 26.0 Å². The van der Waals surface area contributed by atoms with Gasteiger partial charge in [0.25, 0.3) is 0 Å². The second-order valence-corrected chi connectivity index (χ2v) is 5.17. The first-order valence-corrected chi connectivity index (χ1v) is 7.61. The van der Waals surface area contributed by atoms with Crippen LogP contribution < -0.4 is 11.1 Å². The fourth-order valence-electron chi connectivity index (χ4n) is 1.93. The van der Waals surface area contributed by atoms with Crippen molar-refractivity contribution in [2.75, 3.05) is 19.8 Å². The first kappa shape index (κ1) is 18.3. The summed E-state index contributed by atoms with van der Waals surface area (Å²) in [6, 6.07) is 0. The highest BCUT2D eigenvalue weighted by Crippen LogP contribution is 2.27. The molecule has 0 unspecified atom stereocenters. The number of hydrogen-bond donors (Lipinski definition) is 2. The third-order valence-electron chi connectivity index (χ3n) is 3.51. The highest BCUT2D eigenvalue weighted by molar-refractivity contribution is 7.80. The zero-order valence-corrected chi connectivity index (χ0v) is 13.3. The summed E-state index contributed by atoms with van der Waals surface area (Å²) in [6.45, 7) is 8.10. The Hall–Kier alpha value is -0.680. The van der Waals surface area contributed by atoms with Crippen LogP contribution in [0.1, 0.15) is 52.9 Å². The van der Waals surface area contributed by atoms with E-state index in [1.165, 1.54) is 0 Å². The summed E-state index contributed by atoms with van der Waals surface area (Å²) >= 11 is 5.05. The number of amides is 1. The number of nitrogens with one attached hydrogen (secondary N) is 1. The molecule has 0 bridgehead atoms. The number of hydrogen-bond acceptors (Lipinski definition) is 3. The van der Waals surface area contributed by atoms with Crippen molar-refractivity contribution in [3.8, 4) is 0 Å². The molecule has 0 rings (SSSR count). The summed E-state index contributed by atoms with van der Waals surface area (Å²) in [4.78, 5) is 12.5. The maximum absolute atomic E-state index is 12.2. The molecule has 0 aliphatic carbocycles. The molecule has 3 N–H and O–H groups in total. The van der Waals surface area contributed by atoms with Gasteiger partial charge in [-0.3, -0.25) is 4.79 Å². The Morgan fingerprint density at radius 2 is 1.79 bits per heavy atom. The van der Waals surface area contributed by atoms with Gasteiger partial charge in [0.2, 0.25) is 5.91 Å². The van der Waals surface area contributed by atoms with Crippen LogP contribution in [-0.2, 0) is 9.53 Å². The summed E-state index contributed by atoms with van der Waals surface area (Å²) in [5.74, 6) is -0.0569. The predicted octanol–water partition coefficient (Wildman–Crippen LogP) is 2.40. The average Bonchev–Trinajstić information content (AvgIpc) is 2.39. The van der Waals surface area contributed by atoms with E-state index in [1.807, 2.05) is 13.8 Å². The van der Waals surface area contributed by atoms with Crippen LogP contribution in [0.15, 0.2) is 0 Å². The maximum atomic E-state index is 12.2. The highest BCUT2D eigenvalue weighted by Gasteiger charge is 2.37. The van der Waals surface area contributed by atoms with Crippen LogP contribution in [0.5, 0.6) is 0 Å². The second-order valence-electron chi connectivity index (χ2n) is 4.73. The molecule has 1 amide bonds. The fraction of sp³-hybridized carbons (Fsp3) is 0.857. The molecule has 0 aliphatic rings. The van der Waals surface area contributed by atoms with Gasteiger partial charge in [0, 0.05) is 19.8 Å². The Bertz CT molecular complexity index is 279. The van der Waals surface area contributed by atoms with E-state index in [4.69, 9.17) is 22.7 Å². The molecule has 0 heterocycles. The molecule has 0 aliphatic heterocycles. The van der Waals surface area contributed by atoms with E-state index in [-0.39, 0.29) is 10.9 Å². The minimum Gasteiger partial charge on any atom is -0.392 e. The maximum Gasteiger partial charge on any atom is 0.233 e. The molecule has 0 aromatic heterocycles. The van der Waals surface area contributed by atoms with Gasteiger partial charge < -0.3 is 15.8 Å². The van der Waals surface area contributed by atoms with Gasteiger partial charge in [-0.2, -0.15) is 0 Å². The molecule has 19 heavy (non-hydrogen) atoms. The summed E-state index contributed by atoms with van der Waals surface area (Å²) in [5, 5.41) is 2.91. The standard InChI is InChI=1S/C14H28N2O2S/c1-4-7-10-18-11-8-9-16-13(17)14(5-2,6-3)12(15)19/h4-11H2,1-3H3,(H2,15,19)(H,16,17). The molecule has 0 saturated heterocycles. The Balaban J connectivity index is 3.98. The number of ether oxygens (including phenoxy) is 1. The Kier molecular flexibility index (Phi) is 9.79. The van der Waals surface area contributed by atoms with Gasteiger partial charge in [-0.25, -0.2) is 0 Å². The lowest BCUT2D eigenvalue weighted by atomic mass is 9.81.